The Labute approximate surface area is 177 Å². The first kappa shape index (κ1) is 20.3. The van der Waals surface area contributed by atoms with E-state index in [4.69, 9.17) is 11.6 Å². The van der Waals surface area contributed by atoms with Crippen molar-refractivity contribution in [2.45, 2.75) is 44.8 Å². The second-order valence-corrected chi connectivity index (χ2v) is 7.73. The van der Waals surface area contributed by atoms with Crippen LogP contribution in [0.1, 0.15) is 36.6 Å². The largest absolute Gasteiger partial charge is 0.355 e. The third-order valence-corrected chi connectivity index (χ3v) is 5.59. The van der Waals surface area contributed by atoms with Gasteiger partial charge in [0, 0.05) is 37.1 Å². The van der Waals surface area contributed by atoms with E-state index in [-0.39, 0.29) is 23.2 Å². The molecule has 0 fully saturated rings. The zero-order chi connectivity index (χ0) is 21.1. The quantitative estimate of drug-likeness (QED) is 0.580. The molecule has 0 aliphatic carbocycles. The van der Waals surface area contributed by atoms with E-state index in [9.17, 15) is 14.0 Å². The molecule has 8 nitrogen and oxygen atoms in total. The van der Waals surface area contributed by atoms with Gasteiger partial charge in [0.1, 0.15) is 11.6 Å². The van der Waals surface area contributed by atoms with Crippen molar-refractivity contribution in [2.75, 3.05) is 6.54 Å². The highest BCUT2D eigenvalue weighted by atomic mass is 35.5. The molecule has 4 rings (SSSR count). The monoisotopic (exact) mass is 432 g/mol. The minimum Gasteiger partial charge on any atom is -0.355 e. The van der Waals surface area contributed by atoms with E-state index in [1.54, 1.807) is 17.1 Å². The van der Waals surface area contributed by atoms with Crippen molar-refractivity contribution in [3.05, 3.63) is 69.6 Å². The first-order valence-corrected chi connectivity index (χ1v) is 10.3. The lowest BCUT2D eigenvalue weighted by Gasteiger charge is -2.21. The Morgan fingerprint density at radius 1 is 1.37 bits per heavy atom. The molecule has 0 radical (unpaired) electrons. The molecular weight excluding hydrogens is 411 g/mol. The standard InChI is InChI=1S/C20H22ClFN6O2/c21-17-11-15(22)5-4-14(17)12-28-20(30)27-9-1-3-16(18(27)25-28)19(29)24-6-2-8-26-10-7-23-13-26/h4-5,7,10-11,13,16H,1-3,6,8-9,12H2,(H,24,29). The van der Waals surface area contributed by atoms with Gasteiger partial charge in [0.25, 0.3) is 0 Å². The van der Waals surface area contributed by atoms with Crippen LogP contribution in [-0.2, 0) is 24.4 Å². The second-order valence-electron chi connectivity index (χ2n) is 7.33. The molecule has 0 bridgehead atoms. The normalized spacial score (nSPS) is 15.7. The van der Waals surface area contributed by atoms with Crippen LogP contribution in [0.5, 0.6) is 0 Å². The lowest BCUT2D eigenvalue weighted by atomic mass is 9.98. The number of hydrogen-bond donors (Lipinski definition) is 1. The first-order chi connectivity index (χ1) is 14.5. The number of amides is 1. The molecule has 1 aliphatic rings. The predicted octanol–water partition coefficient (Wildman–Crippen LogP) is 2.17. The smallest absolute Gasteiger partial charge is 0.346 e. The number of rotatable bonds is 7. The number of aryl methyl sites for hydroxylation is 1. The van der Waals surface area contributed by atoms with Gasteiger partial charge in [0.2, 0.25) is 5.91 Å². The van der Waals surface area contributed by atoms with Gasteiger partial charge in [0.15, 0.2) is 0 Å². The van der Waals surface area contributed by atoms with E-state index >= 15 is 0 Å². The SMILES string of the molecule is O=C(NCCCn1ccnc1)C1CCCn2c1nn(Cc1ccc(F)cc1Cl)c2=O. The van der Waals surface area contributed by atoms with Crippen molar-refractivity contribution in [3.63, 3.8) is 0 Å². The average molecular weight is 433 g/mol. The zero-order valence-electron chi connectivity index (χ0n) is 16.3. The number of benzene rings is 1. The number of aromatic nitrogens is 5. The van der Waals surface area contributed by atoms with Gasteiger partial charge in [-0.15, -0.1) is 0 Å². The lowest BCUT2D eigenvalue weighted by molar-refractivity contribution is -0.123. The number of nitrogens with one attached hydrogen (secondary N) is 1. The Bertz CT molecular complexity index is 1090. The van der Waals surface area contributed by atoms with E-state index in [1.807, 2.05) is 10.8 Å². The van der Waals surface area contributed by atoms with Crippen LogP contribution >= 0.6 is 11.6 Å². The van der Waals surface area contributed by atoms with Crippen LogP contribution in [0.3, 0.4) is 0 Å². The van der Waals surface area contributed by atoms with Crippen molar-refractivity contribution in [1.82, 2.24) is 29.2 Å². The van der Waals surface area contributed by atoms with E-state index in [2.05, 4.69) is 15.4 Å². The molecule has 0 spiro atoms. The van der Waals surface area contributed by atoms with Crippen LogP contribution in [0.25, 0.3) is 0 Å². The molecule has 1 unspecified atom stereocenters. The van der Waals surface area contributed by atoms with Gasteiger partial charge < -0.3 is 9.88 Å². The summed E-state index contributed by atoms with van der Waals surface area (Å²) in [5, 5.41) is 7.61. The van der Waals surface area contributed by atoms with Gasteiger partial charge in [0.05, 0.1) is 18.8 Å². The Hall–Kier alpha value is -2.94. The van der Waals surface area contributed by atoms with Crippen molar-refractivity contribution in [3.8, 4) is 0 Å². The third kappa shape index (κ3) is 4.30. The van der Waals surface area contributed by atoms with Crippen LogP contribution in [0.2, 0.25) is 5.02 Å². The Morgan fingerprint density at radius 2 is 2.23 bits per heavy atom. The second kappa shape index (κ2) is 8.83. The molecular formula is C20H22ClFN6O2. The Morgan fingerprint density at radius 3 is 3.00 bits per heavy atom. The highest BCUT2D eigenvalue weighted by Crippen LogP contribution is 2.25. The predicted molar refractivity (Wildman–Crippen MR) is 109 cm³/mol. The molecule has 1 amide bonds. The van der Waals surface area contributed by atoms with Crippen LogP contribution < -0.4 is 11.0 Å². The van der Waals surface area contributed by atoms with E-state index in [1.165, 1.54) is 22.9 Å². The topological polar surface area (TPSA) is 86.7 Å². The maximum absolute atomic E-state index is 13.3. The molecule has 2 aromatic heterocycles. The zero-order valence-corrected chi connectivity index (χ0v) is 17.1. The van der Waals surface area contributed by atoms with Gasteiger partial charge in [-0.2, -0.15) is 5.10 Å². The minimum atomic E-state index is -0.468. The van der Waals surface area contributed by atoms with E-state index in [0.717, 1.165) is 19.4 Å². The highest BCUT2D eigenvalue weighted by molar-refractivity contribution is 6.31. The summed E-state index contributed by atoms with van der Waals surface area (Å²) >= 11 is 6.09. The summed E-state index contributed by atoms with van der Waals surface area (Å²) in [5.74, 6) is -0.565. The van der Waals surface area contributed by atoms with Crippen molar-refractivity contribution in [1.29, 1.82) is 0 Å². The average Bonchev–Trinajstić information content (AvgIpc) is 3.35. The highest BCUT2D eigenvalue weighted by Gasteiger charge is 2.31. The molecule has 3 aromatic rings. The number of hydrogen-bond acceptors (Lipinski definition) is 4. The molecule has 0 saturated carbocycles. The minimum absolute atomic E-state index is 0.122. The fourth-order valence-corrected chi connectivity index (χ4v) is 3.91. The molecule has 1 atom stereocenters. The summed E-state index contributed by atoms with van der Waals surface area (Å²) in [7, 11) is 0. The number of fused-ring (bicyclic) bond motifs is 1. The molecule has 0 saturated heterocycles. The number of nitrogens with zero attached hydrogens (tertiary/aromatic N) is 5. The summed E-state index contributed by atoms with van der Waals surface area (Å²) in [6.07, 6.45) is 7.47. The van der Waals surface area contributed by atoms with Gasteiger partial charge in [-0.25, -0.2) is 18.9 Å². The van der Waals surface area contributed by atoms with Gasteiger partial charge in [-0.3, -0.25) is 9.36 Å². The van der Waals surface area contributed by atoms with Crippen LogP contribution in [0.4, 0.5) is 4.39 Å². The maximum Gasteiger partial charge on any atom is 0.346 e. The summed E-state index contributed by atoms with van der Waals surface area (Å²) in [4.78, 5) is 29.5. The van der Waals surface area contributed by atoms with Gasteiger partial charge in [-0.1, -0.05) is 17.7 Å². The number of carbonyl (C=O) groups is 1. The number of imidazole rings is 1. The molecule has 158 valence electrons. The van der Waals surface area contributed by atoms with E-state index in [0.29, 0.717) is 30.9 Å². The van der Waals surface area contributed by atoms with Crippen LogP contribution in [-0.4, -0.2) is 36.4 Å². The Kier molecular flexibility index (Phi) is 5.98. The van der Waals surface area contributed by atoms with Crippen molar-refractivity contribution < 1.29 is 9.18 Å². The van der Waals surface area contributed by atoms with Gasteiger partial charge >= 0.3 is 5.69 Å². The third-order valence-electron chi connectivity index (χ3n) is 5.24. The number of carbonyl (C=O) groups excluding carboxylic acids is 1. The fourth-order valence-electron chi connectivity index (χ4n) is 3.69. The Balaban J connectivity index is 1.44. The molecule has 1 aromatic carbocycles. The van der Waals surface area contributed by atoms with Gasteiger partial charge in [-0.05, 0) is 37.0 Å². The molecule has 1 aliphatic heterocycles. The summed E-state index contributed by atoms with van der Waals surface area (Å²) in [5.41, 5.74) is 0.305. The summed E-state index contributed by atoms with van der Waals surface area (Å²) in [6, 6.07) is 4.03. The molecule has 10 heteroatoms. The first-order valence-electron chi connectivity index (χ1n) is 9.88. The van der Waals surface area contributed by atoms with Crippen molar-refractivity contribution >= 4 is 17.5 Å². The van der Waals surface area contributed by atoms with Crippen molar-refractivity contribution in [2.24, 2.45) is 0 Å². The number of halogens is 2. The fraction of sp³-hybridized carbons (Fsp3) is 0.400. The van der Waals surface area contributed by atoms with Crippen LogP contribution in [0, 0.1) is 5.82 Å². The summed E-state index contributed by atoms with van der Waals surface area (Å²) < 4.78 is 18.1. The molecule has 3 heterocycles. The summed E-state index contributed by atoms with van der Waals surface area (Å²) in [6.45, 7) is 1.94. The molecule has 30 heavy (non-hydrogen) atoms. The van der Waals surface area contributed by atoms with Crippen LogP contribution in [0.15, 0.2) is 41.7 Å². The van der Waals surface area contributed by atoms with E-state index < -0.39 is 11.7 Å². The maximum atomic E-state index is 13.3. The molecule has 1 N–H and O–H groups in total. The lowest BCUT2D eigenvalue weighted by Crippen LogP contribution is -2.35.